The molecule has 7 heteroatoms. The Morgan fingerprint density at radius 3 is 3.00 bits per heavy atom. The second kappa shape index (κ2) is 6.68. The van der Waals surface area contributed by atoms with Gasteiger partial charge in [0, 0.05) is 30.9 Å². The Morgan fingerprint density at radius 2 is 2.21 bits per heavy atom. The van der Waals surface area contributed by atoms with Crippen LogP contribution in [0.2, 0.25) is 0 Å². The molecule has 0 spiro atoms. The highest BCUT2D eigenvalue weighted by atomic mass is 16.5. The molecule has 2 fully saturated rings. The van der Waals surface area contributed by atoms with Crippen LogP contribution in [0.15, 0.2) is 36.7 Å². The summed E-state index contributed by atoms with van der Waals surface area (Å²) in [5.74, 6) is 0.867. The van der Waals surface area contributed by atoms with E-state index in [9.17, 15) is 4.79 Å². The molecule has 24 heavy (non-hydrogen) atoms. The maximum absolute atomic E-state index is 12.3. The summed E-state index contributed by atoms with van der Waals surface area (Å²) in [5, 5.41) is 14.2. The first kappa shape index (κ1) is 15.3. The molecule has 126 valence electrons. The number of hydrogen-bond acceptors (Lipinski definition) is 5. The fourth-order valence-electron chi connectivity index (χ4n) is 3.93. The van der Waals surface area contributed by atoms with Gasteiger partial charge in [-0.3, -0.25) is 4.79 Å². The average molecular weight is 327 g/mol. The van der Waals surface area contributed by atoms with E-state index >= 15 is 0 Å². The zero-order valence-electron chi connectivity index (χ0n) is 13.4. The molecule has 1 saturated heterocycles. The molecular weight excluding hydrogens is 306 g/mol. The number of hydrogen-bond donors (Lipinski definition) is 1. The van der Waals surface area contributed by atoms with E-state index in [-0.39, 0.29) is 18.1 Å². The van der Waals surface area contributed by atoms with Crippen LogP contribution in [0.4, 0.5) is 0 Å². The molecule has 4 atom stereocenters. The van der Waals surface area contributed by atoms with Crippen molar-refractivity contribution in [3.63, 3.8) is 0 Å². The van der Waals surface area contributed by atoms with E-state index in [0.29, 0.717) is 24.8 Å². The van der Waals surface area contributed by atoms with Crippen LogP contribution in [0.3, 0.4) is 0 Å². The van der Waals surface area contributed by atoms with Crippen molar-refractivity contribution in [2.24, 2.45) is 11.8 Å². The van der Waals surface area contributed by atoms with Gasteiger partial charge in [0.2, 0.25) is 5.91 Å². The van der Waals surface area contributed by atoms with Crippen molar-refractivity contribution in [3.05, 3.63) is 42.2 Å². The number of rotatable bonds is 6. The summed E-state index contributed by atoms with van der Waals surface area (Å²) in [6, 6.07) is 10.6. The maximum Gasteiger partial charge on any atom is 0.222 e. The Bertz CT molecular complexity index is 676. The maximum atomic E-state index is 12.3. The number of amides is 1. The lowest BCUT2D eigenvalue weighted by molar-refractivity contribution is -0.127. The second-order valence-electron chi connectivity index (χ2n) is 6.56. The molecule has 0 radical (unpaired) electrons. The first-order valence-electron chi connectivity index (χ1n) is 8.47. The van der Waals surface area contributed by atoms with Crippen molar-refractivity contribution >= 4 is 5.91 Å². The summed E-state index contributed by atoms with van der Waals surface area (Å²) in [4.78, 5) is 12.3. The van der Waals surface area contributed by atoms with E-state index in [1.165, 1.54) is 11.9 Å². The van der Waals surface area contributed by atoms with Crippen LogP contribution in [0, 0.1) is 11.8 Å². The Labute approximate surface area is 140 Å². The van der Waals surface area contributed by atoms with Crippen LogP contribution in [0.1, 0.15) is 18.4 Å². The minimum atomic E-state index is 0.0545. The third-order valence-corrected chi connectivity index (χ3v) is 5.13. The lowest BCUT2D eigenvalue weighted by Gasteiger charge is -2.48. The summed E-state index contributed by atoms with van der Waals surface area (Å²) >= 11 is 0. The normalized spacial score (nSPS) is 28.2. The number of nitrogens with one attached hydrogen (secondary N) is 1. The van der Waals surface area contributed by atoms with Gasteiger partial charge in [-0.15, -0.1) is 5.10 Å². The van der Waals surface area contributed by atoms with Crippen LogP contribution in [0.25, 0.3) is 0 Å². The molecule has 1 amide bonds. The van der Waals surface area contributed by atoms with Gasteiger partial charge in [-0.1, -0.05) is 30.3 Å². The molecule has 1 N–H and O–H groups in total. The zero-order valence-corrected chi connectivity index (χ0v) is 13.4. The van der Waals surface area contributed by atoms with Gasteiger partial charge in [-0.2, -0.15) is 0 Å². The predicted molar refractivity (Wildman–Crippen MR) is 85.8 cm³/mol. The lowest BCUT2D eigenvalue weighted by Crippen LogP contribution is -2.62. The molecule has 1 saturated carbocycles. The van der Waals surface area contributed by atoms with Gasteiger partial charge in [0.15, 0.2) is 0 Å². The number of ether oxygens (including phenoxy) is 1. The smallest absolute Gasteiger partial charge is 0.222 e. The van der Waals surface area contributed by atoms with Crippen molar-refractivity contribution in [1.82, 2.24) is 25.5 Å². The van der Waals surface area contributed by atoms with E-state index in [2.05, 4.69) is 45.1 Å². The monoisotopic (exact) mass is 327 g/mol. The molecule has 2 aromatic rings. The zero-order chi connectivity index (χ0) is 16.4. The van der Waals surface area contributed by atoms with Crippen molar-refractivity contribution in [3.8, 4) is 0 Å². The third-order valence-electron chi connectivity index (χ3n) is 5.13. The molecule has 7 nitrogen and oxygen atoms in total. The Balaban J connectivity index is 1.36. The van der Waals surface area contributed by atoms with E-state index in [1.807, 2.05) is 6.07 Å². The van der Waals surface area contributed by atoms with Gasteiger partial charge in [0.1, 0.15) is 6.33 Å². The number of aromatic nitrogens is 4. The number of tetrazole rings is 1. The highest BCUT2D eigenvalue weighted by molar-refractivity contribution is 5.76. The van der Waals surface area contributed by atoms with Crippen molar-refractivity contribution in [1.29, 1.82) is 0 Å². The van der Waals surface area contributed by atoms with Crippen molar-refractivity contribution in [2.75, 3.05) is 6.61 Å². The molecule has 0 unspecified atom stereocenters. The highest BCUT2D eigenvalue weighted by Gasteiger charge is 2.53. The molecule has 1 aliphatic heterocycles. The fourth-order valence-corrected chi connectivity index (χ4v) is 3.93. The minimum absolute atomic E-state index is 0.0545. The molecule has 4 rings (SSSR count). The largest absolute Gasteiger partial charge is 0.377 e. The van der Waals surface area contributed by atoms with Gasteiger partial charge < -0.3 is 10.1 Å². The highest BCUT2D eigenvalue weighted by Crippen LogP contribution is 2.45. The molecule has 2 aliphatic rings. The van der Waals surface area contributed by atoms with Crippen molar-refractivity contribution in [2.45, 2.75) is 38.0 Å². The minimum Gasteiger partial charge on any atom is -0.377 e. The SMILES string of the molecule is O=C(CCn1cnnn1)N[C@@H]1[C@@H](Cc2ccccc2)[C@H]2OCC[C@@H]12. The molecule has 2 heterocycles. The fraction of sp³-hybridized carbons (Fsp3) is 0.529. The summed E-state index contributed by atoms with van der Waals surface area (Å²) in [5.41, 5.74) is 1.30. The number of nitrogens with zero attached hydrogens (tertiary/aromatic N) is 4. The van der Waals surface area contributed by atoms with E-state index < -0.39 is 0 Å². The first-order valence-corrected chi connectivity index (χ1v) is 8.47. The van der Waals surface area contributed by atoms with Gasteiger partial charge in [-0.25, -0.2) is 4.68 Å². The molecular formula is C17H21N5O2. The average Bonchev–Trinajstić information content (AvgIpc) is 3.27. The van der Waals surface area contributed by atoms with Crippen LogP contribution < -0.4 is 5.32 Å². The summed E-state index contributed by atoms with van der Waals surface area (Å²) in [6.45, 7) is 1.30. The standard InChI is InChI=1S/C17H21N5O2/c23-15(6-8-22-11-18-20-21-22)19-16-13-7-9-24-17(13)14(16)10-12-4-2-1-3-5-12/h1-5,11,13-14,16-17H,6-10H2,(H,19,23)/t13-,14+,16-,17-/m0/s1. The molecule has 1 aliphatic carbocycles. The lowest BCUT2D eigenvalue weighted by atomic mass is 9.64. The summed E-state index contributed by atoms with van der Waals surface area (Å²) in [7, 11) is 0. The molecule has 1 aromatic carbocycles. The van der Waals surface area contributed by atoms with E-state index in [1.54, 1.807) is 4.68 Å². The van der Waals surface area contributed by atoms with Crippen LogP contribution in [-0.4, -0.2) is 44.9 Å². The quantitative estimate of drug-likeness (QED) is 0.850. The van der Waals surface area contributed by atoms with Crippen LogP contribution in [-0.2, 0) is 22.5 Å². The van der Waals surface area contributed by atoms with Gasteiger partial charge in [0.25, 0.3) is 0 Å². The topological polar surface area (TPSA) is 81.9 Å². The van der Waals surface area contributed by atoms with E-state index in [0.717, 1.165) is 19.4 Å². The Kier molecular flexibility index (Phi) is 4.25. The predicted octanol–water partition coefficient (Wildman–Crippen LogP) is 0.826. The third kappa shape index (κ3) is 3.03. The van der Waals surface area contributed by atoms with E-state index in [4.69, 9.17) is 4.74 Å². The van der Waals surface area contributed by atoms with Crippen LogP contribution in [0.5, 0.6) is 0 Å². The number of fused-ring (bicyclic) bond motifs is 1. The Hall–Kier alpha value is -2.28. The molecule has 1 aromatic heterocycles. The van der Waals surface area contributed by atoms with Crippen molar-refractivity contribution < 1.29 is 9.53 Å². The first-order chi connectivity index (χ1) is 11.8. The summed E-state index contributed by atoms with van der Waals surface area (Å²) < 4.78 is 7.46. The number of carbonyl (C=O) groups excluding carboxylic acids is 1. The Morgan fingerprint density at radius 1 is 1.33 bits per heavy atom. The van der Waals surface area contributed by atoms with Gasteiger partial charge in [0.05, 0.1) is 12.6 Å². The number of aryl methyl sites for hydroxylation is 1. The van der Waals surface area contributed by atoms with Gasteiger partial charge >= 0.3 is 0 Å². The summed E-state index contributed by atoms with van der Waals surface area (Å²) in [6.07, 6.45) is 4.18. The number of carbonyl (C=O) groups is 1. The second-order valence-corrected chi connectivity index (χ2v) is 6.56. The van der Waals surface area contributed by atoms with Crippen LogP contribution >= 0.6 is 0 Å². The molecule has 0 bridgehead atoms. The number of benzene rings is 1. The van der Waals surface area contributed by atoms with Gasteiger partial charge in [-0.05, 0) is 28.8 Å².